The molecule has 0 aliphatic heterocycles. The van der Waals surface area contributed by atoms with Gasteiger partial charge in [-0.25, -0.2) is 8.42 Å². The minimum Gasteiger partial charge on any atom is -0.493 e. The fraction of sp³-hybridized carbons (Fsp3) is 0.571. The van der Waals surface area contributed by atoms with E-state index in [0.29, 0.717) is 13.0 Å². The first kappa shape index (κ1) is 16.0. The van der Waals surface area contributed by atoms with Gasteiger partial charge in [-0.05, 0) is 18.9 Å². The topological polar surface area (TPSA) is 69.4 Å². The Bertz CT molecular complexity index is 485. The van der Waals surface area contributed by atoms with E-state index in [2.05, 4.69) is 0 Å². The zero-order chi connectivity index (χ0) is 14.3. The van der Waals surface area contributed by atoms with Crippen molar-refractivity contribution < 1.29 is 13.2 Å². The van der Waals surface area contributed by atoms with E-state index in [1.54, 1.807) is 6.92 Å². The molecule has 0 heterocycles. The molecular weight excluding hydrogens is 262 g/mol. The smallest absolute Gasteiger partial charge is 0.150 e. The number of nitrogens with two attached hydrogens (primary N) is 1. The molecule has 1 aromatic carbocycles. The van der Waals surface area contributed by atoms with Crippen molar-refractivity contribution in [1.29, 1.82) is 0 Å². The number of ether oxygens (including phenoxy) is 1. The Kier molecular flexibility index (Phi) is 6.31. The molecule has 5 heteroatoms. The van der Waals surface area contributed by atoms with Crippen molar-refractivity contribution in [2.45, 2.75) is 32.7 Å². The van der Waals surface area contributed by atoms with Gasteiger partial charge in [-0.3, -0.25) is 0 Å². The minimum absolute atomic E-state index is 0.0458. The Morgan fingerprint density at radius 1 is 1.26 bits per heavy atom. The Hall–Kier alpha value is -1.07. The summed E-state index contributed by atoms with van der Waals surface area (Å²) in [4.78, 5) is 0. The third-order valence-corrected chi connectivity index (χ3v) is 4.85. The second-order valence-corrected chi connectivity index (χ2v) is 6.96. The number of sulfone groups is 1. The zero-order valence-electron chi connectivity index (χ0n) is 11.6. The van der Waals surface area contributed by atoms with Crippen LogP contribution in [0.1, 0.15) is 38.3 Å². The lowest BCUT2D eigenvalue weighted by atomic mass is 10.0. The van der Waals surface area contributed by atoms with E-state index >= 15 is 0 Å². The Balaban J connectivity index is 2.54. The van der Waals surface area contributed by atoms with Gasteiger partial charge < -0.3 is 10.5 Å². The minimum atomic E-state index is -2.91. The van der Waals surface area contributed by atoms with Crippen LogP contribution in [-0.2, 0) is 9.84 Å². The average Bonchev–Trinajstić information content (AvgIpc) is 2.43. The molecule has 0 fully saturated rings. The molecule has 0 aliphatic rings. The summed E-state index contributed by atoms with van der Waals surface area (Å²) in [6, 6.07) is 7.60. The second-order valence-electron chi connectivity index (χ2n) is 4.49. The quantitative estimate of drug-likeness (QED) is 0.744. The molecule has 4 nitrogen and oxygen atoms in total. The van der Waals surface area contributed by atoms with Gasteiger partial charge >= 0.3 is 0 Å². The van der Waals surface area contributed by atoms with Crippen LogP contribution >= 0.6 is 0 Å². The molecule has 0 saturated carbocycles. The third kappa shape index (κ3) is 5.20. The average molecular weight is 285 g/mol. The lowest BCUT2D eigenvalue weighted by molar-refractivity contribution is 0.312. The van der Waals surface area contributed by atoms with Crippen LogP contribution in [0.15, 0.2) is 24.3 Å². The summed E-state index contributed by atoms with van der Waals surface area (Å²) in [6.07, 6.45) is 1.34. The van der Waals surface area contributed by atoms with Gasteiger partial charge in [-0.15, -0.1) is 0 Å². The Morgan fingerprint density at radius 2 is 1.95 bits per heavy atom. The van der Waals surface area contributed by atoms with Gasteiger partial charge in [0.25, 0.3) is 0 Å². The molecule has 0 aliphatic carbocycles. The van der Waals surface area contributed by atoms with E-state index in [9.17, 15) is 8.42 Å². The molecule has 0 amide bonds. The Morgan fingerprint density at radius 3 is 2.58 bits per heavy atom. The van der Waals surface area contributed by atoms with Crippen LogP contribution < -0.4 is 10.5 Å². The molecule has 2 N–H and O–H groups in total. The second kappa shape index (κ2) is 7.50. The zero-order valence-corrected chi connectivity index (χ0v) is 12.4. The summed E-state index contributed by atoms with van der Waals surface area (Å²) >= 11 is 0. The van der Waals surface area contributed by atoms with Crippen molar-refractivity contribution in [3.8, 4) is 5.75 Å². The van der Waals surface area contributed by atoms with Gasteiger partial charge in [-0.1, -0.05) is 32.0 Å². The number of hydrogen-bond acceptors (Lipinski definition) is 4. The molecule has 108 valence electrons. The van der Waals surface area contributed by atoms with Crippen molar-refractivity contribution in [1.82, 2.24) is 0 Å². The first-order chi connectivity index (χ1) is 9.00. The van der Waals surface area contributed by atoms with Crippen molar-refractivity contribution >= 4 is 9.84 Å². The fourth-order valence-corrected chi connectivity index (χ4v) is 2.59. The monoisotopic (exact) mass is 285 g/mol. The molecule has 0 aromatic heterocycles. The Labute approximate surface area is 115 Å². The molecule has 0 bridgehead atoms. The largest absolute Gasteiger partial charge is 0.493 e. The van der Waals surface area contributed by atoms with Gasteiger partial charge in [0.15, 0.2) is 0 Å². The summed E-state index contributed by atoms with van der Waals surface area (Å²) in [5.74, 6) is 1.11. The molecule has 1 atom stereocenters. The molecular formula is C14H23NO3S. The molecule has 1 rings (SSSR count). The highest BCUT2D eigenvalue weighted by molar-refractivity contribution is 7.91. The van der Waals surface area contributed by atoms with Crippen molar-refractivity contribution in [3.05, 3.63) is 29.8 Å². The van der Waals surface area contributed by atoms with Crippen molar-refractivity contribution in [3.63, 3.8) is 0 Å². The van der Waals surface area contributed by atoms with Crippen LogP contribution in [0.4, 0.5) is 0 Å². The van der Waals surface area contributed by atoms with Gasteiger partial charge in [0, 0.05) is 17.4 Å². The first-order valence-electron chi connectivity index (χ1n) is 6.68. The van der Waals surface area contributed by atoms with Crippen molar-refractivity contribution in [2.24, 2.45) is 5.73 Å². The maximum atomic E-state index is 11.4. The van der Waals surface area contributed by atoms with Crippen molar-refractivity contribution in [2.75, 3.05) is 18.1 Å². The van der Waals surface area contributed by atoms with Crippen LogP contribution in [0.3, 0.4) is 0 Å². The molecule has 1 unspecified atom stereocenters. The maximum Gasteiger partial charge on any atom is 0.150 e. The summed E-state index contributed by atoms with van der Waals surface area (Å²) < 4.78 is 28.4. The predicted octanol–water partition coefficient (Wildman–Crippen LogP) is 2.30. The van der Waals surface area contributed by atoms with Gasteiger partial charge in [0.2, 0.25) is 0 Å². The third-order valence-electron chi connectivity index (χ3n) is 3.06. The van der Waals surface area contributed by atoms with E-state index in [-0.39, 0.29) is 17.5 Å². The fourth-order valence-electron chi connectivity index (χ4n) is 1.74. The lowest BCUT2D eigenvalue weighted by Gasteiger charge is -2.15. The number of benzene rings is 1. The summed E-state index contributed by atoms with van der Waals surface area (Å²) in [6.45, 7) is 4.08. The van der Waals surface area contributed by atoms with Crippen LogP contribution in [0.2, 0.25) is 0 Å². The van der Waals surface area contributed by atoms with E-state index in [4.69, 9.17) is 10.5 Å². The number of hydrogen-bond donors (Lipinski definition) is 1. The molecule has 0 spiro atoms. The van der Waals surface area contributed by atoms with Gasteiger partial charge in [0.1, 0.15) is 15.6 Å². The van der Waals surface area contributed by atoms with E-state index in [0.717, 1.165) is 17.7 Å². The first-order valence-corrected chi connectivity index (χ1v) is 8.50. The van der Waals surface area contributed by atoms with E-state index in [1.165, 1.54) is 0 Å². The highest BCUT2D eigenvalue weighted by Crippen LogP contribution is 2.25. The van der Waals surface area contributed by atoms with E-state index < -0.39 is 9.84 Å². The molecule has 0 radical (unpaired) electrons. The van der Waals surface area contributed by atoms with Crippen LogP contribution in [0.25, 0.3) is 0 Å². The van der Waals surface area contributed by atoms with E-state index in [1.807, 2.05) is 31.2 Å². The number of para-hydroxylation sites is 1. The van der Waals surface area contributed by atoms with Crippen LogP contribution in [0.5, 0.6) is 5.75 Å². The summed E-state index contributed by atoms with van der Waals surface area (Å²) in [5, 5.41) is 0. The molecule has 1 aromatic rings. The summed E-state index contributed by atoms with van der Waals surface area (Å²) in [7, 11) is -2.91. The lowest BCUT2D eigenvalue weighted by Crippen LogP contribution is -2.14. The highest BCUT2D eigenvalue weighted by atomic mass is 32.2. The highest BCUT2D eigenvalue weighted by Gasteiger charge is 2.11. The standard InChI is InChI=1S/C14H23NO3S/c1-3-13(15)12-8-5-6-9-14(12)18-10-7-11-19(16,17)4-2/h5-6,8-9,13H,3-4,7,10-11,15H2,1-2H3. The van der Waals surface area contributed by atoms with Crippen LogP contribution in [0, 0.1) is 0 Å². The summed E-state index contributed by atoms with van der Waals surface area (Å²) in [5.41, 5.74) is 6.99. The SMILES string of the molecule is CCC(N)c1ccccc1OCCCS(=O)(=O)CC. The maximum absolute atomic E-state index is 11.4. The molecule has 19 heavy (non-hydrogen) atoms. The normalized spacial score (nSPS) is 13.2. The van der Waals surface area contributed by atoms with Gasteiger partial charge in [0.05, 0.1) is 12.4 Å². The molecule has 0 saturated heterocycles. The van der Waals surface area contributed by atoms with Gasteiger partial charge in [-0.2, -0.15) is 0 Å². The van der Waals surface area contributed by atoms with Crippen LogP contribution in [-0.4, -0.2) is 26.5 Å². The number of rotatable bonds is 8. The predicted molar refractivity (Wildman–Crippen MR) is 78.1 cm³/mol.